The third kappa shape index (κ3) is 3.52. The zero-order valence-electron chi connectivity index (χ0n) is 8.67. The van der Waals surface area contributed by atoms with E-state index in [-0.39, 0.29) is 36.6 Å². The van der Waals surface area contributed by atoms with Crippen LogP contribution in [0, 0.1) is 13.2 Å². The first-order valence-electron chi connectivity index (χ1n) is 3.61. The fourth-order valence-corrected chi connectivity index (χ4v) is 1.38. The average Bonchev–Trinajstić information content (AvgIpc) is 2.04. The Morgan fingerprint density at radius 1 is 1.47 bits per heavy atom. The summed E-state index contributed by atoms with van der Waals surface area (Å²) >= 11 is 5.72. The molecule has 0 spiro atoms. The molecule has 0 aliphatic heterocycles. The van der Waals surface area contributed by atoms with E-state index in [4.69, 9.17) is 16.3 Å². The number of rotatable bonds is 2. The number of ketones is 1. The van der Waals surface area contributed by atoms with Crippen molar-refractivity contribution in [1.82, 2.24) is 0 Å². The fourth-order valence-electron chi connectivity index (χ4n) is 1.01. The van der Waals surface area contributed by atoms with Crippen LogP contribution in [-0.4, -0.2) is 12.9 Å². The van der Waals surface area contributed by atoms with E-state index >= 15 is 0 Å². The molecule has 83 valence electrons. The molecule has 0 aromatic heterocycles. The third-order valence-electron chi connectivity index (χ3n) is 1.63. The van der Waals surface area contributed by atoms with Crippen LogP contribution in [0.2, 0.25) is 5.02 Å². The molecule has 1 aromatic rings. The number of benzene rings is 1. The third-order valence-corrected chi connectivity index (χ3v) is 2.00. The number of hydrogen-bond donors (Lipinski definition) is 0. The Labute approximate surface area is 106 Å². The Balaban J connectivity index is 0. The Morgan fingerprint density at radius 3 is 2.40 bits per heavy atom. The summed E-state index contributed by atoms with van der Waals surface area (Å²) in [6.07, 6.45) is 0. The van der Waals surface area contributed by atoms with E-state index in [1.807, 2.05) is 0 Å². The minimum atomic E-state index is -0.627. The van der Waals surface area contributed by atoms with Gasteiger partial charge in [0, 0.05) is 18.6 Å². The number of Topliss-reactive ketones (excluding diaryl/α,β-unsaturated/α-hetero) is 1. The van der Waals surface area contributed by atoms with Gasteiger partial charge >= 0.3 is 0 Å². The van der Waals surface area contributed by atoms with Crippen molar-refractivity contribution in [2.24, 2.45) is 0 Å². The Bertz CT molecular complexity index is 356. The summed E-state index contributed by atoms with van der Waals surface area (Å²) in [6.45, 7) is 1.25. The van der Waals surface area contributed by atoms with Crippen LogP contribution in [0.5, 0.6) is 5.75 Å². The summed E-state index contributed by atoms with van der Waals surface area (Å²) in [5, 5.41) is 0.0231. The van der Waals surface area contributed by atoms with Crippen LogP contribution >= 0.6 is 11.6 Å². The smallest absolute Gasteiger partial charge is 0.164 e. The normalized spacial score (nSPS) is 8.53. The van der Waals surface area contributed by atoms with Gasteiger partial charge in [-0.1, -0.05) is 11.6 Å². The van der Waals surface area contributed by atoms with Gasteiger partial charge in [-0.2, -0.15) is 0 Å². The molecule has 0 bridgehead atoms. The van der Waals surface area contributed by atoms with E-state index in [9.17, 15) is 9.18 Å². The van der Waals surface area contributed by atoms with Gasteiger partial charge in [0.15, 0.2) is 5.78 Å². The van der Waals surface area contributed by atoms with Crippen LogP contribution in [-0.2, 0) is 18.6 Å². The quantitative estimate of drug-likeness (QED) is 0.608. The molecule has 0 atom stereocenters. The molecule has 0 heterocycles. The Hall–Kier alpha value is -0.506. The van der Waals surface area contributed by atoms with Crippen LogP contribution in [0.1, 0.15) is 17.3 Å². The molecule has 0 aliphatic rings. The zero-order chi connectivity index (χ0) is 10.0. The van der Waals surface area contributed by atoms with Crippen LogP contribution in [0.4, 0.5) is 4.39 Å². The molecule has 0 fully saturated rings. The number of methoxy groups -OCH3 is 1. The van der Waals surface area contributed by atoms with Gasteiger partial charge in [0.1, 0.15) is 11.6 Å². The summed E-state index contributed by atoms with van der Waals surface area (Å²) in [6, 6.07) is 2.53. The number of carbonyl (C=O) groups excluding carboxylic acids is 1. The molecule has 0 amide bonds. The molecule has 1 aromatic carbocycles. The van der Waals surface area contributed by atoms with Gasteiger partial charge in [0.25, 0.3) is 0 Å². The first kappa shape index (κ1) is 16.9. The largest absolute Gasteiger partial charge is 0.495 e. The summed E-state index contributed by atoms with van der Waals surface area (Å²) in [5.41, 5.74) is -0.124. The topological polar surface area (TPSA) is 26.3 Å². The van der Waals surface area contributed by atoms with Crippen molar-refractivity contribution in [3.8, 4) is 5.75 Å². The molecule has 1 radical (unpaired) electrons. The van der Waals surface area contributed by atoms with E-state index in [2.05, 4.69) is 0 Å². The van der Waals surface area contributed by atoms with Crippen molar-refractivity contribution >= 4 is 17.4 Å². The fraction of sp³-hybridized carbons (Fsp3) is 0.200. The maximum atomic E-state index is 13.1. The predicted molar refractivity (Wildman–Crippen MR) is 54.4 cm³/mol. The second kappa shape index (κ2) is 6.88. The van der Waals surface area contributed by atoms with Crippen LogP contribution in [0.3, 0.4) is 0 Å². The summed E-state index contributed by atoms with van der Waals surface area (Å²) in [7, 11) is 1.41. The monoisotopic (exact) mass is 268 g/mol. The maximum Gasteiger partial charge on any atom is 0.164 e. The SMILES string of the molecule is COc1ccc(F)c(C(C)=O)c1Cl.[CH3-].[V]. The number of hydrogen-bond acceptors (Lipinski definition) is 2. The molecule has 5 heteroatoms. The van der Waals surface area contributed by atoms with E-state index in [0.717, 1.165) is 6.07 Å². The van der Waals surface area contributed by atoms with Crippen LogP contribution in [0.25, 0.3) is 0 Å². The van der Waals surface area contributed by atoms with Crippen LogP contribution in [0.15, 0.2) is 12.1 Å². The predicted octanol–water partition coefficient (Wildman–Crippen LogP) is 3.14. The second-order valence-electron chi connectivity index (χ2n) is 2.49. The van der Waals surface area contributed by atoms with Gasteiger partial charge in [-0.3, -0.25) is 4.79 Å². The van der Waals surface area contributed by atoms with Crippen molar-refractivity contribution in [1.29, 1.82) is 0 Å². The molecular formula is C10H11ClFO2V-. The number of halogens is 2. The summed E-state index contributed by atoms with van der Waals surface area (Å²) < 4.78 is 17.9. The van der Waals surface area contributed by atoms with Gasteiger partial charge < -0.3 is 12.2 Å². The molecule has 0 unspecified atom stereocenters. The van der Waals surface area contributed by atoms with Crippen molar-refractivity contribution in [3.63, 3.8) is 0 Å². The van der Waals surface area contributed by atoms with Gasteiger partial charge in [-0.15, -0.1) is 0 Å². The minimum absolute atomic E-state index is 0. The van der Waals surface area contributed by atoms with Gasteiger partial charge in [-0.25, -0.2) is 4.39 Å². The van der Waals surface area contributed by atoms with Crippen molar-refractivity contribution in [2.45, 2.75) is 6.92 Å². The zero-order valence-corrected chi connectivity index (χ0v) is 10.8. The average molecular weight is 269 g/mol. The summed E-state index contributed by atoms with van der Waals surface area (Å²) in [4.78, 5) is 11.0. The standard InChI is InChI=1S/C9H8ClFO2.CH3.V/c1-5(12)8-6(11)3-4-7(13-2)9(8)10;;/h3-4H,1-2H3;1H3;/q;-1;. The van der Waals surface area contributed by atoms with E-state index in [0.29, 0.717) is 5.75 Å². The molecule has 0 saturated heterocycles. The van der Waals surface area contributed by atoms with E-state index in [1.54, 1.807) is 0 Å². The summed E-state index contributed by atoms with van der Waals surface area (Å²) in [5.74, 6) is -0.743. The van der Waals surface area contributed by atoms with Crippen molar-refractivity contribution in [3.05, 3.63) is 36.0 Å². The maximum absolute atomic E-state index is 13.1. The number of ether oxygens (including phenoxy) is 1. The Morgan fingerprint density at radius 2 is 2.00 bits per heavy atom. The molecule has 15 heavy (non-hydrogen) atoms. The molecule has 0 N–H and O–H groups in total. The Kier molecular flexibility index (Phi) is 7.76. The first-order valence-corrected chi connectivity index (χ1v) is 3.98. The minimum Gasteiger partial charge on any atom is -0.495 e. The second-order valence-corrected chi connectivity index (χ2v) is 2.87. The van der Waals surface area contributed by atoms with Crippen LogP contribution < -0.4 is 4.74 Å². The van der Waals surface area contributed by atoms with Gasteiger partial charge in [0.2, 0.25) is 0 Å². The first-order chi connectivity index (χ1) is 6.07. The van der Waals surface area contributed by atoms with Gasteiger partial charge in [-0.05, 0) is 19.1 Å². The molecule has 1 rings (SSSR count). The molecule has 2 nitrogen and oxygen atoms in total. The van der Waals surface area contributed by atoms with Crippen molar-refractivity contribution in [2.75, 3.05) is 7.11 Å². The van der Waals surface area contributed by atoms with Gasteiger partial charge in [0.05, 0.1) is 17.7 Å². The van der Waals surface area contributed by atoms with Crippen molar-refractivity contribution < 1.29 is 32.5 Å². The van der Waals surface area contributed by atoms with E-state index in [1.165, 1.54) is 20.1 Å². The molecule has 0 saturated carbocycles. The number of carbonyl (C=O) groups is 1. The van der Waals surface area contributed by atoms with E-state index < -0.39 is 11.6 Å². The molecular weight excluding hydrogens is 258 g/mol. The molecule has 0 aliphatic carbocycles.